The second-order valence-electron chi connectivity index (χ2n) is 3.26. The van der Waals surface area contributed by atoms with E-state index in [-0.39, 0.29) is 17.9 Å². The Hall–Kier alpha value is -1.79. The molecule has 0 fully saturated rings. The number of hydrogen-bond donors (Lipinski definition) is 3. The van der Waals surface area contributed by atoms with Crippen LogP contribution in [0.1, 0.15) is 13.8 Å². The van der Waals surface area contributed by atoms with Gasteiger partial charge in [-0.1, -0.05) is 0 Å². The molecule has 0 bridgehead atoms. The summed E-state index contributed by atoms with van der Waals surface area (Å²) in [5.41, 5.74) is 5.35. The van der Waals surface area contributed by atoms with Crippen molar-refractivity contribution in [3.63, 3.8) is 0 Å². The molecule has 7 heteroatoms. The van der Waals surface area contributed by atoms with E-state index in [1.807, 2.05) is 6.92 Å². The molecule has 1 atom stereocenters. The molecule has 1 amide bonds. The van der Waals surface area contributed by atoms with E-state index >= 15 is 0 Å². The van der Waals surface area contributed by atoms with Crippen molar-refractivity contribution in [3.8, 4) is 0 Å². The van der Waals surface area contributed by atoms with E-state index in [0.29, 0.717) is 12.5 Å². The van der Waals surface area contributed by atoms with Crippen molar-refractivity contribution in [2.45, 2.75) is 19.9 Å². The Morgan fingerprint density at radius 3 is 2.87 bits per heavy atom. The fraction of sp³-hybridized carbons (Fsp3) is 0.625. The van der Waals surface area contributed by atoms with E-state index in [1.54, 1.807) is 18.9 Å². The molecule has 7 nitrogen and oxygen atoms in total. The van der Waals surface area contributed by atoms with Gasteiger partial charge in [-0.25, -0.2) is 5.10 Å². The Bertz CT molecular complexity index is 336. The lowest BCUT2D eigenvalue weighted by atomic mass is 10.3. The van der Waals surface area contributed by atoms with Crippen molar-refractivity contribution >= 4 is 17.8 Å². The van der Waals surface area contributed by atoms with Crippen molar-refractivity contribution in [2.24, 2.45) is 0 Å². The summed E-state index contributed by atoms with van der Waals surface area (Å²) in [6.45, 7) is 4.33. The summed E-state index contributed by atoms with van der Waals surface area (Å²) in [5, 5.41) is 9.12. The highest BCUT2D eigenvalue weighted by Crippen LogP contribution is 2.03. The molecule has 0 aliphatic carbocycles. The maximum absolute atomic E-state index is 11.7. The van der Waals surface area contributed by atoms with Crippen LogP contribution >= 0.6 is 0 Å². The Morgan fingerprint density at radius 2 is 2.40 bits per heavy atom. The predicted molar refractivity (Wildman–Crippen MR) is 57.2 cm³/mol. The zero-order valence-electron chi connectivity index (χ0n) is 9.11. The molecule has 0 aliphatic rings. The van der Waals surface area contributed by atoms with Crippen LogP contribution in [-0.2, 0) is 4.79 Å². The van der Waals surface area contributed by atoms with E-state index in [9.17, 15) is 4.79 Å². The lowest BCUT2D eigenvalue weighted by Crippen LogP contribution is -2.39. The van der Waals surface area contributed by atoms with Gasteiger partial charge in [0.1, 0.15) is 6.04 Å². The van der Waals surface area contributed by atoms with Crippen LogP contribution in [0.5, 0.6) is 0 Å². The zero-order chi connectivity index (χ0) is 11.4. The molecule has 0 aromatic carbocycles. The highest BCUT2D eigenvalue weighted by Gasteiger charge is 2.17. The summed E-state index contributed by atoms with van der Waals surface area (Å²) in [4.78, 5) is 17.1. The van der Waals surface area contributed by atoms with Crippen LogP contribution < -0.4 is 11.1 Å². The molecule has 15 heavy (non-hydrogen) atoms. The minimum absolute atomic E-state index is 0.0131. The molecule has 1 heterocycles. The van der Waals surface area contributed by atoms with Gasteiger partial charge in [0.05, 0.1) is 0 Å². The third-order valence-electron chi connectivity index (χ3n) is 2.07. The fourth-order valence-corrected chi connectivity index (χ4v) is 1.08. The second kappa shape index (κ2) is 4.63. The van der Waals surface area contributed by atoms with Crippen LogP contribution in [0.15, 0.2) is 0 Å². The van der Waals surface area contributed by atoms with Crippen molar-refractivity contribution in [3.05, 3.63) is 0 Å². The fourth-order valence-electron chi connectivity index (χ4n) is 1.08. The summed E-state index contributed by atoms with van der Waals surface area (Å²) < 4.78 is 0. The number of nitrogens with two attached hydrogens (primary N) is 1. The topological polar surface area (TPSA) is 99.9 Å². The first-order chi connectivity index (χ1) is 7.04. The summed E-state index contributed by atoms with van der Waals surface area (Å²) in [6, 6.07) is -0.370. The molecular weight excluding hydrogens is 196 g/mol. The number of nitrogens with one attached hydrogen (secondary N) is 2. The number of carbonyl (C=O) groups excluding carboxylic acids is 1. The highest BCUT2D eigenvalue weighted by atomic mass is 16.2. The van der Waals surface area contributed by atoms with E-state index < -0.39 is 0 Å². The van der Waals surface area contributed by atoms with Crippen LogP contribution in [0.2, 0.25) is 0 Å². The predicted octanol–water partition coefficient (Wildman–Crippen LogP) is -0.334. The van der Waals surface area contributed by atoms with Crippen molar-refractivity contribution in [1.82, 2.24) is 20.1 Å². The number of likely N-dealkylation sites (N-methyl/N-ethyl adjacent to an activating group) is 1. The van der Waals surface area contributed by atoms with Gasteiger partial charge in [-0.2, -0.15) is 4.98 Å². The van der Waals surface area contributed by atoms with Gasteiger partial charge in [0, 0.05) is 13.6 Å². The molecule has 0 saturated carbocycles. The zero-order valence-corrected chi connectivity index (χ0v) is 9.11. The lowest BCUT2D eigenvalue weighted by Gasteiger charge is -2.19. The van der Waals surface area contributed by atoms with Crippen LogP contribution in [0.3, 0.4) is 0 Å². The molecule has 0 radical (unpaired) electrons. The maximum Gasteiger partial charge on any atom is 0.244 e. The van der Waals surface area contributed by atoms with Crippen molar-refractivity contribution < 1.29 is 4.79 Å². The Balaban J connectivity index is 2.55. The third kappa shape index (κ3) is 2.83. The van der Waals surface area contributed by atoms with E-state index in [4.69, 9.17) is 5.73 Å². The number of anilines is 2. The summed E-state index contributed by atoms with van der Waals surface area (Å²) in [5.74, 6) is 0.541. The van der Waals surface area contributed by atoms with E-state index in [1.165, 1.54) is 0 Å². The normalized spacial score (nSPS) is 12.2. The van der Waals surface area contributed by atoms with Crippen molar-refractivity contribution in [2.75, 3.05) is 24.6 Å². The smallest absolute Gasteiger partial charge is 0.244 e. The number of H-pyrrole nitrogens is 1. The SMILES string of the molecule is CCN(C)C(=O)C(C)Nc1n[nH]c(N)n1. The third-order valence-corrected chi connectivity index (χ3v) is 2.07. The molecule has 1 aromatic heterocycles. The number of nitrogens with zero attached hydrogens (tertiary/aromatic N) is 3. The molecule has 0 spiro atoms. The van der Waals surface area contributed by atoms with Gasteiger partial charge in [-0.15, -0.1) is 5.10 Å². The Labute approximate surface area is 88.0 Å². The molecule has 1 rings (SSSR count). The van der Waals surface area contributed by atoms with E-state index in [0.717, 1.165) is 0 Å². The Kier molecular flexibility index (Phi) is 3.48. The maximum atomic E-state index is 11.7. The number of nitrogen functional groups attached to an aromatic ring is 1. The van der Waals surface area contributed by atoms with Gasteiger partial charge in [-0.05, 0) is 13.8 Å². The molecular formula is C8H16N6O. The highest BCUT2D eigenvalue weighted by molar-refractivity contribution is 5.83. The first-order valence-electron chi connectivity index (χ1n) is 4.74. The van der Waals surface area contributed by atoms with Crippen LogP contribution in [0.4, 0.5) is 11.9 Å². The lowest BCUT2D eigenvalue weighted by molar-refractivity contribution is -0.130. The average molecular weight is 212 g/mol. The summed E-state index contributed by atoms with van der Waals surface area (Å²) >= 11 is 0. The minimum atomic E-state index is -0.370. The number of aromatic amines is 1. The summed E-state index contributed by atoms with van der Waals surface area (Å²) in [7, 11) is 1.74. The van der Waals surface area contributed by atoms with Crippen LogP contribution in [-0.4, -0.2) is 45.6 Å². The molecule has 0 aliphatic heterocycles. The number of rotatable bonds is 4. The number of hydrogen-bond acceptors (Lipinski definition) is 5. The molecule has 1 unspecified atom stereocenters. The van der Waals surface area contributed by atoms with Gasteiger partial charge in [0.2, 0.25) is 17.8 Å². The van der Waals surface area contributed by atoms with Gasteiger partial charge in [-0.3, -0.25) is 4.79 Å². The van der Waals surface area contributed by atoms with E-state index in [2.05, 4.69) is 20.5 Å². The van der Waals surface area contributed by atoms with Crippen molar-refractivity contribution in [1.29, 1.82) is 0 Å². The van der Waals surface area contributed by atoms with Gasteiger partial charge >= 0.3 is 0 Å². The standard InChI is InChI=1S/C8H16N6O/c1-4-14(3)6(15)5(2)10-8-11-7(9)12-13-8/h5H,4H2,1-3H3,(H4,9,10,11,12,13). The average Bonchev–Trinajstić information content (AvgIpc) is 2.61. The molecule has 84 valence electrons. The van der Waals surface area contributed by atoms with Gasteiger partial charge < -0.3 is 16.0 Å². The van der Waals surface area contributed by atoms with Crippen LogP contribution in [0.25, 0.3) is 0 Å². The van der Waals surface area contributed by atoms with Crippen LogP contribution in [0, 0.1) is 0 Å². The summed E-state index contributed by atoms with van der Waals surface area (Å²) in [6.07, 6.45) is 0. The van der Waals surface area contributed by atoms with Gasteiger partial charge in [0.25, 0.3) is 0 Å². The second-order valence-corrected chi connectivity index (χ2v) is 3.26. The quantitative estimate of drug-likeness (QED) is 0.634. The first kappa shape index (κ1) is 11.3. The Morgan fingerprint density at radius 1 is 1.73 bits per heavy atom. The largest absolute Gasteiger partial charge is 0.368 e. The number of aromatic nitrogens is 3. The monoisotopic (exact) mass is 212 g/mol. The molecule has 4 N–H and O–H groups in total. The first-order valence-corrected chi connectivity index (χ1v) is 4.74. The molecule has 1 aromatic rings. The number of carbonyl (C=O) groups is 1. The number of amides is 1. The molecule has 0 saturated heterocycles. The minimum Gasteiger partial charge on any atom is -0.368 e. The van der Waals surface area contributed by atoms with Gasteiger partial charge in [0.15, 0.2) is 0 Å².